The Bertz CT molecular complexity index is 683. The number of rotatable bonds is 5. The standard InChI is InChI=1S/C15H21ClN2O4S/c1-4-22-14-6-5-12(7-13(14)15(16)19)23(20,21)18-8-10(2)17-11(3)9-18/h5-7,10-11,17H,4,8-9H2,1-3H3. The first-order valence-corrected chi connectivity index (χ1v) is 9.30. The molecule has 23 heavy (non-hydrogen) atoms. The second kappa shape index (κ2) is 7.17. The van der Waals surface area contributed by atoms with E-state index in [1.54, 1.807) is 6.92 Å². The molecule has 1 aliphatic rings. The van der Waals surface area contributed by atoms with Crippen LogP contribution in [-0.2, 0) is 10.0 Å². The summed E-state index contributed by atoms with van der Waals surface area (Å²) in [6, 6.07) is 4.32. The molecular weight excluding hydrogens is 340 g/mol. The number of carbonyl (C=O) groups excluding carboxylic acids is 1. The smallest absolute Gasteiger partial charge is 0.256 e. The molecule has 6 nitrogen and oxygen atoms in total. The maximum Gasteiger partial charge on any atom is 0.256 e. The Kier molecular flexibility index (Phi) is 5.67. The lowest BCUT2D eigenvalue weighted by atomic mass is 10.2. The minimum Gasteiger partial charge on any atom is -0.493 e. The van der Waals surface area contributed by atoms with Gasteiger partial charge in [0, 0.05) is 25.2 Å². The number of ether oxygens (including phenoxy) is 1. The summed E-state index contributed by atoms with van der Waals surface area (Å²) < 4.78 is 32.4. The van der Waals surface area contributed by atoms with E-state index in [9.17, 15) is 13.2 Å². The summed E-state index contributed by atoms with van der Waals surface area (Å²) in [5.41, 5.74) is 0.0609. The van der Waals surface area contributed by atoms with Gasteiger partial charge in [0.25, 0.3) is 5.24 Å². The molecule has 1 saturated heterocycles. The third-order valence-corrected chi connectivity index (χ3v) is 5.66. The van der Waals surface area contributed by atoms with Crippen LogP contribution >= 0.6 is 11.6 Å². The van der Waals surface area contributed by atoms with Crippen LogP contribution in [0.2, 0.25) is 0 Å². The molecule has 0 aliphatic carbocycles. The average molecular weight is 361 g/mol. The summed E-state index contributed by atoms with van der Waals surface area (Å²) in [4.78, 5) is 11.6. The van der Waals surface area contributed by atoms with Crippen molar-refractivity contribution in [2.75, 3.05) is 19.7 Å². The number of hydrogen-bond donors (Lipinski definition) is 1. The molecular formula is C15H21ClN2O4S. The first kappa shape index (κ1) is 18.2. The van der Waals surface area contributed by atoms with Gasteiger partial charge in [-0.05, 0) is 50.6 Å². The molecule has 1 N–H and O–H groups in total. The van der Waals surface area contributed by atoms with Crippen molar-refractivity contribution in [1.29, 1.82) is 0 Å². The number of benzene rings is 1. The molecule has 0 radical (unpaired) electrons. The van der Waals surface area contributed by atoms with Crippen molar-refractivity contribution in [3.8, 4) is 5.75 Å². The lowest BCUT2D eigenvalue weighted by Gasteiger charge is -2.35. The van der Waals surface area contributed by atoms with Gasteiger partial charge in [-0.1, -0.05) is 0 Å². The molecule has 0 aromatic heterocycles. The lowest BCUT2D eigenvalue weighted by Crippen LogP contribution is -2.55. The molecule has 2 atom stereocenters. The van der Waals surface area contributed by atoms with E-state index in [0.29, 0.717) is 19.7 Å². The number of hydrogen-bond acceptors (Lipinski definition) is 5. The third-order valence-electron chi connectivity index (χ3n) is 3.62. The third kappa shape index (κ3) is 4.03. The Morgan fingerprint density at radius 2 is 1.96 bits per heavy atom. The predicted molar refractivity (Wildman–Crippen MR) is 88.6 cm³/mol. The number of nitrogens with zero attached hydrogens (tertiary/aromatic N) is 1. The molecule has 1 aromatic carbocycles. The molecule has 128 valence electrons. The second-order valence-electron chi connectivity index (χ2n) is 5.66. The van der Waals surface area contributed by atoms with Crippen LogP contribution in [0.3, 0.4) is 0 Å². The van der Waals surface area contributed by atoms with Gasteiger partial charge < -0.3 is 10.1 Å². The van der Waals surface area contributed by atoms with E-state index < -0.39 is 15.3 Å². The average Bonchev–Trinajstić information content (AvgIpc) is 2.46. The van der Waals surface area contributed by atoms with E-state index in [0.717, 1.165) is 0 Å². The van der Waals surface area contributed by atoms with Gasteiger partial charge in [0.1, 0.15) is 5.75 Å². The molecule has 2 rings (SSSR count). The summed E-state index contributed by atoms with van der Waals surface area (Å²) in [6.07, 6.45) is 0. The first-order valence-electron chi connectivity index (χ1n) is 7.48. The van der Waals surface area contributed by atoms with Gasteiger partial charge in [-0.15, -0.1) is 0 Å². The fraction of sp³-hybridized carbons (Fsp3) is 0.533. The van der Waals surface area contributed by atoms with Crippen molar-refractivity contribution in [1.82, 2.24) is 9.62 Å². The van der Waals surface area contributed by atoms with Crippen molar-refractivity contribution < 1.29 is 17.9 Å². The van der Waals surface area contributed by atoms with Gasteiger partial charge in [0.2, 0.25) is 10.0 Å². The molecule has 0 bridgehead atoms. The number of nitrogens with one attached hydrogen (secondary N) is 1. The fourth-order valence-corrected chi connectivity index (χ4v) is 4.52. The van der Waals surface area contributed by atoms with Crippen LogP contribution in [0.5, 0.6) is 5.75 Å². The largest absolute Gasteiger partial charge is 0.493 e. The van der Waals surface area contributed by atoms with E-state index in [2.05, 4.69) is 5.32 Å². The zero-order valence-corrected chi connectivity index (χ0v) is 14.9. The Morgan fingerprint density at radius 3 is 2.48 bits per heavy atom. The van der Waals surface area contributed by atoms with Gasteiger partial charge in [0.15, 0.2) is 0 Å². The number of carbonyl (C=O) groups is 1. The molecule has 0 saturated carbocycles. The highest BCUT2D eigenvalue weighted by Gasteiger charge is 2.32. The molecule has 1 aliphatic heterocycles. The van der Waals surface area contributed by atoms with Crippen LogP contribution < -0.4 is 10.1 Å². The van der Waals surface area contributed by atoms with Crippen molar-refractivity contribution in [2.45, 2.75) is 37.8 Å². The number of sulfonamides is 1. The molecule has 1 aromatic rings. The maximum absolute atomic E-state index is 12.8. The molecule has 1 fully saturated rings. The zero-order valence-electron chi connectivity index (χ0n) is 13.4. The summed E-state index contributed by atoms with van der Waals surface area (Å²) >= 11 is 5.56. The topological polar surface area (TPSA) is 75.7 Å². The quantitative estimate of drug-likeness (QED) is 0.811. The second-order valence-corrected chi connectivity index (χ2v) is 7.94. The molecule has 0 spiro atoms. The van der Waals surface area contributed by atoms with Crippen molar-refractivity contribution >= 4 is 26.9 Å². The lowest BCUT2D eigenvalue weighted by molar-refractivity contribution is 0.107. The van der Waals surface area contributed by atoms with E-state index in [1.165, 1.54) is 22.5 Å². The molecule has 8 heteroatoms. The normalized spacial score (nSPS) is 22.8. The maximum atomic E-state index is 12.8. The minimum absolute atomic E-state index is 0.0475. The highest BCUT2D eigenvalue weighted by molar-refractivity contribution is 7.89. The highest BCUT2D eigenvalue weighted by atomic mass is 35.5. The van der Waals surface area contributed by atoms with E-state index in [1.807, 2.05) is 13.8 Å². The van der Waals surface area contributed by atoms with Crippen LogP contribution in [0, 0.1) is 0 Å². The summed E-state index contributed by atoms with van der Waals surface area (Å²) in [5, 5.41) is 2.54. The van der Waals surface area contributed by atoms with E-state index in [4.69, 9.17) is 16.3 Å². The van der Waals surface area contributed by atoms with Crippen LogP contribution in [0.25, 0.3) is 0 Å². The Morgan fingerprint density at radius 1 is 1.35 bits per heavy atom. The fourth-order valence-electron chi connectivity index (χ4n) is 2.73. The minimum atomic E-state index is -3.69. The Labute approximate surface area is 141 Å². The van der Waals surface area contributed by atoms with Gasteiger partial charge in [-0.2, -0.15) is 4.31 Å². The number of piperazine rings is 1. The zero-order chi connectivity index (χ0) is 17.2. The first-order chi connectivity index (χ1) is 10.8. The number of halogens is 1. The molecule has 2 unspecified atom stereocenters. The van der Waals surface area contributed by atoms with Gasteiger partial charge in [0.05, 0.1) is 17.1 Å². The Hall–Kier alpha value is -1.15. The van der Waals surface area contributed by atoms with E-state index >= 15 is 0 Å². The van der Waals surface area contributed by atoms with Crippen molar-refractivity contribution in [2.24, 2.45) is 0 Å². The van der Waals surface area contributed by atoms with Crippen LogP contribution in [0.4, 0.5) is 0 Å². The van der Waals surface area contributed by atoms with Crippen LogP contribution in [0.15, 0.2) is 23.1 Å². The molecule has 1 heterocycles. The monoisotopic (exact) mass is 360 g/mol. The summed E-state index contributed by atoms with van der Waals surface area (Å²) in [6.45, 7) is 6.76. The van der Waals surface area contributed by atoms with E-state index in [-0.39, 0.29) is 28.3 Å². The SMILES string of the molecule is CCOc1ccc(S(=O)(=O)N2CC(C)NC(C)C2)cc1C(=O)Cl. The van der Waals surface area contributed by atoms with Crippen molar-refractivity contribution in [3.63, 3.8) is 0 Å². The summed E-state index contributed by atoms with van der Waals surface area (Å²) in [5.74, 6) is 0.286. The predicted octanol–water partition coefficient (Wildman–Crippen LogP) is 1.84. The summed E-state index contributed by atoms with van der Waals surface area (Å²) in [7, 11) is -3.69. The van der Waals surface area contributed by atoms with Gasteiger partial charge >= 0.3 is 0 Å². The van der Waals surface area contributed by atoms with Crippen LogP contribution in [-0.4, -0.2) is 49.7 Å². The highest BCUT2D eigenvalue weighted by Crippen LogP contribution is 2.27. The van der Waals surface area contributed by atoms with Crippen molar-refractivity contribution in [3.05, 3.63) is 23.8 Å². The van der Waals surface area contributed by atoms with Gasteiger partial charge in [-0.25, -0.2) is 8.42 Å². The Balaban J connectivity index is 2.40. The van der Waals surface area contributed by atoms with Gasteiger partial charge in [-0.3, -0.25) is 4.79 Å². The molecule has 0 amide bonds. The van der Waals surface area contributed by atoms with Crippen LogP contribution in [0.1, 0.15) is 31.1 Å².